The molecule has 4 nitrogen and oxygen atoms in total. The average molecular weight is 227 g/mol. The second kappa shape index (κ2) is 6.51. The number of nitrogens with one attached hydrogen (secondary N) is 1. The van der Waals surface area contributed by atoms with E-state index in [0.717, 1.165) is 12.8 Å². The van der Waals surface area contributed by atoms with Gasteiger partial charge in [0.15, 0.2) is 0 Å². The fourth-order valence-electron chi connectivity index (χ4n) is 2.30. The summed E-state index contributed by atoms with van der Waals surface area (Å²) in [4.78, 5) is 21.9. The molecule has 0 aromatic rings. The lowest BCUT2D eigenvalue weighted by atomic mass is 9.84. The summed E-state index contributed by atoms with van der Waals surface area (Å²) >= 11 is 0. The van der Waals surface area contributed by atoms with Crippen LogP contribution in [0.15, 0.2) is 0 Å². The zero-order chi connectivity index (χ0) is 12.0. The van der Waals surface area contributed by atoms with E-state index in [4.69, 9.17) is 4.74 Å². The van der Waals surface area contributed by atoms with Gasteiger partial charge in [0.2, 0.25) is 5.91 Å². The highest BCUT2D eigenvalue weighted by atomic mass is 16.5. The molecule has 4 heteroatoms. The Morgan fingerprint density at radius 2 is 1.88 bits per heavy atom. The third-order valence-electron chi connectivity index (χ3n) is 3.07. The highest BCUT2D eigenvalue weighted by Crippen LogP contribution is 2.26. The molecular weight excluding hydrogens is 206 g/mol. The van der Waals surface area contributed by atoms with E-state index in [2.05, 4.69) is 5.32 Å². The lowest BCUT2D eigenvalue weighted by molar-refractivity contribution is -0.143. The third kappa shape index (κ3) is 4.64. The van der Waals surface area contributed by atoms with Crippen LogP contribution in [0.5, 0.6) is 0 Å². The molecular formula is C12H21NO3. The van der Waals surface area contributed by atoms with Gasteiger partial charge in [-0.3, -0.25) is 9.59 Å². The first-order chi connectivity index (χ1) is 7.59. The summed E-state index contributed by atoms with van der Waals surface area (Å²) in [5.74, 6) is 0.117. The smallest absolute Gasteiger partial charge is 0.302 e. The average Bonchev–Trinajstić information content (AvgIpc) is 2.25. The van der Waals surface area contributed by atoms with Crippen molar-refractivity contribution in [3.63, 3.8) is 0 Å². The molecule has 1 rings (SSSR count). The molecule has 1 fully saturated rings. The van der Waals surface area contributed by atoms with Crippen molar-refractivity contribution in [2.45, 2.75) is 52.0 Å². The molecule has 1 aliphatic carbocycles. The van der Waals surface area contributed by atoms with E-state index >= 15 is 0 Å². The first-order valence-electron chi connectivity index (χ1n) is 6.00. The van der Waals surface area contributed by atoms with Gasteiger partial charge in [-0.05, 0) is 18.8 Å². The molecule has 0 spiro atoms. The molecule has 0 bridgehead atoms. The Morgan fingerprint density at radius 3 is 2.38 bits per heavy atom. The maximum atomic E-state index is 11.1. The minimum atomic E-state index is -0.286. The Bertz CT molecular complexity index is 247. The topological polar surface area (TPSA) is 55.4 Å². The molecule has 1 saturated carbocycles. The van der Waals surface area contributed by atoms with Crippen LogP contribution in [-0.4, -0.2) is 24.5 Å². The van der Waals surface area contributed by atoms with Crippen molar-refractivity contribution in [2.24, 2.45) is 5.92 Å². The summed E-state index contributed by atoms with van der Waals surface area (Å²) in [6.45, 7) is 3.20. The highest BCUT2D eigenvalue weighted by Gasteiger charge is 2.25. The molecule has 0 aromatic carbocycles. The first kappa shape index (κ1) is 13.0. The van der Waals surface area contributed by atoms with E-state index in [0.29, 0.717) is 12.5 Å². The number of hydrogen-bond donors (Lipinski definition) is 1. The van der Waals surface area contributed by atoms with Gasteiger partial charge in [-0.15, -0.1) is 0 Å². The maximum Gasteiger partial charge on any atom is 0.302 e. The fourth-order valence-corrected chi connectivity index (χ4v) is 2.30. The standard InChI is InChI=1S/C12H21NO3/c1-9(14)13-12(8-16-10(2)15)11-6-4-3-5-7-11/h11-12H,3-8H2,1-2H3,(H,13,14)/t12-/m1/s1. The second-order valence-electron chi connectivity index (χ2n) is 4.51. The lowest BCUT2D eigenvalue weighted by Gasteiger charge is -2.30. The van der Waals surface area contributed by atoms with Crippen molar-refractivity contribution in [3.05, 3.63) is 0 Å². The van der Waals surface area contributed by atoms with E-state index in [1.165, 1.54) is 33.1 Å². The third-order valence-corrected chi connectivity index (χ3v) is 3.07. The number of rotatable bonds is 4. The zero-order valence-electron chi connectivity index (χ0n) is 10.1. The molecule has 1 amide bonds. The molecule has 0 saturated heterocycles. The normalized spacial score (nSPS) is 18.9. The fraction of sp³-hybridized carbons (Fsp3) is 0.833. The molecule has 0 radical (unpaired) electrons. The van der Waals surface area contributed by atoms with Crippen molar-refractivity contribution < 1.29 is 14.3 Å². The summed E-state index contributed by atoms with van der Waals surface area (Å²) in [6, 6.07) is -0.0123. The van der Waals surface area contributed by atoms with Crippen LogP contribution in [0.3, 0.4) is 0 Å². The molecule has 0 unspecified atom stereocenters. The van der Waals surface area contributed by atoms with Gasteiger partial charge in [-0.25, -0.2) is 0 Å². The summed E-state index contributed by atoms with van der Waals surface area (Å²) in [7, 11) is 0. The maximum absolute atomic E-state index is 11.1. The Balaban J connectivity index is 2.47. The van der Waals surface area contributed by atoms with Gasteiger partial charge in [0, 0.05) is 13.8 Å². The van der Waals surface area contributed by atoms with Gasteiger partial charge in [-0.2, -0.15) is 0 Å². The monoisotopic (exact) mass is 227 g/mol. The van der Waals surface area contributed by atoms with Crippen LogP contribution in [0.25, 0.3) is 0 Å². The Hall–Kier alpha value is -1.06. The predicted molar refractivity (Wildman–Crippen MR) is 60.8 cm³/mol. The lowest BCUT2D eigenvalue weighted by Crippen LogP contribution is -2.43. The second-order valence-corrected chi connectivity index (χ2v) is 4.51. The van der Waals surface area contributed by atoms with Crippen molar-refractivity contribution in [1.29, 1.82) is 0 Å². The number of ether oxygens (including phenoxy) is 1. The van der Waals surface area contributed by atoms with Crippen LogP contribution >= 0.6 is 0 Å². The van der Waals surface area contributed by atoms with E-state index in [1.807, 2.05) is 0 Å². The molecule has 92 valence electrons. The Labute approximate surface area is 96.7 Å². The molecule has 1 atom stereocenters. The van der Waals surface area contributed by atoms with Gasteiger partial charge < -0.3 is 10.1 Å². The van der Waals surface area contributed by atoms with Gasteiger partial charge >= 0.3 is 5.97 Å². The van der Waals surface area contributed by atoms with Crippen molar-refractivity contribution >= 4 is 11.9 Å². The van der Waals surface area contributed by atoms with Gasteiger partial charge in [-0.1, -0.05) is 19.3 Å². The summed E-state index contributed by atoms with van der Waals surface area (Å²) in [5.41, 5.74) is 0. The summed E-state index contributed by atoms with van der Waals surface area (Å²) in [5, 5.41) is 2.89. The largest absolute Gasteiger partial charge is 0.464 e. The number of amides is 1. The number of carbonyl (C=O) groups is 2. The molecule has 16 heavy (non-hydrogen) atoms. The van der Waals surface area contributed by atoms with Crippen molar-refractivity contribution in [2.75, 3.05) is 6.61 Å². The van der Waals surface area contributed by atoms with Crippen LogP contribution in [0.2, 0.25) is 0 Å². The minimum absolute atomic E-state index is 0.0123. The molecule has 1 N–H and O–H groups in total. The zero-order valence-corrected chi connectivity index (χ0v) is 10.1. The number of carbonyl (C=O) groups excluding carboxylic acids is 2. The quantitative estimate of drug-likeness (QED) is 0.743. The van der Waals surface area contributed by atoms with E-state index in [1.54, 1.807) is 0 Å². The van der Waals surface area contributed by atoms with Crippen LogP contribution in [0.1, 0.15) is 46.0 Å². The SMILES string of the molecule is CC(=O)N[C@H](COC(C)=O)C1CCCCC1. The first-order valence-corrected chi connectivity index (χ1v) is 6.00. The van der Waals surface area contributed by atoms with E-state index in [-0.39, 0.29) is 17.9 Å². The van der Waals surface area contributed by atoms with Crippen LogP contribution in [-0.2, 0) is 14.3 Å². The minimum Gasteiger partial charge on any atom is -0.464 e. The summed E-state index contributed by atoms with van der Waals surface area (Å²) < 4.78 is 5.00. The predicted octanol–water partition coefficient (Wildman–Crippen LogP) is 1.63. The van der Waals surface area contributed by atoms with Crippen LogP contribution in [0, 0.1) is 5.92 Å². The summed E-state index contributed by atoms with van der Waals surface area (Å²) in [6.07, 6.45) is 5.93. The highest BCUT2D eigenvalue weighted by molar-refractivity contribution is 5.73. The molecule has 0 aliphatic heterocycles. The van der Waals surface area contributed by atoms with Crippen LogP contribution < -0.4 is 5.32 Å². The Kier molecular flexibility index (Phi) is 5.29. The van der Waals surface area contributed by atoms with Crippen LogP contribution in [0.4, 0.5) is 0 Å². The van der Waals surface area contributed by atoms with Gasteiger partial charge in [0.1, 0.15) is 6.61 Å². The Morgan fingerprint density at radius 1 is 1.25 bits per heavy atom. The van der Waals surface area contributed by atoms with Crippen molar-refractivity contribution in [3.8, 4) is 0 Å². The molecule has 0 heterocycles. The van der Waals surface area contributed by atoms with Crippen molar-refractivity contribution in [1.82, 2.24) is 5.32 Å². The van der Waals surface area contributed by atoms with E-state index in [9.17, 15) is 9.59 Å². The molecule has 1 aliphatic rings. The molecule has 0 aromatic heterocycles. The number of hydrogen-bond acceptors (Lipinski definition) is 3. The number of esters is 1. The van der Waals surface area contributed by atoms with Gasteiger partial charge in [0.25, 0.3) is 0 Å². The van der Waals surface area contributed by atoms with Gasteiger partial charge in [0.05, 0.1) is 6.04 Å². The van der Waals surface area contributed by atoms with E-state index < -0.39 is 0 Å².